The summed E-state index contributed by atoms with van der Waals surface area (Å²) in [5.74, 6) is 0.335. The quantitative estimate of drug-likeness (QED) is 0.636. The van der Waals surface area contributed by atoms with Crippen molar-refractivity contribution in [1.82, 2.24) is 4.90 Å². The average molecular weight is 197 g/mol. The number of rotatable bonds is 1. The van der Waals surface area contributed by atoms with E-state index >= 15 is 0 Å². The van der Waals surface area contributed by atoms with Gasteiger partial charge in [-0.05, 0) is 26.7 Å². The van der Waals surface area contributed by atoms with Crippen molar-refractivity contribution in [3.05, 3.63) is 0 Å². The number of hydrogen-bond donors (Lipinski definition) is 0. The smallest absolute Gasteiger partial charge is 0.223 e. The molecule has 14 heavy (non-hydrogen) atoms. The van der Waals surface area contributed by atoms with E-state index < -0.39 is 0 Å². The van der Waals surface area contributed by atoms with E-state index in [2.05, 4.69) is 13.8 Å². The Morgan fingerprint density at radius 1 is 1.36 bits per heavy atom. The van der Waals surface area contributed by atoms with E-state index in [1.54, 1.807) is 0 Å². The molecule has 2 aliphatic heterocycles. The number of nitrogens with zero attached hydrogens (tertiary/aromatic N) is 1. The van der Waals surface area contributed by atoms with Gasteiger partial charge in [-0.3, -0.25) is 4.79 Å². The number of carbonyl (C=O) groups excluding carboxylic acids is 1. The van der Waals surface area contributed by atoms with Crippen molar-refractivity contribution in [2.75, 3.05) is 19.8 Å². The summed E-state index contributed by atoms with van der Waals surface area (Å²) >= 11 is 0. The summed E-state index contributed by atoms with van der Waals surface area (Å²) in [5.41, 5.74) is 0.250. The van der Waals surface area contributed by atoms with Crippen molar-refractivity contribution in [1.29, 1.82) is 0 Å². The van der Waals surface area contributed by atoms with E-state index in [9.17, 15) is 4.79 Å². The molecule has 2 aliphatic rings. The van der Waals surface area contributed by atoms with Crippen LogP contribution in [0.2, 0.25) is 0 Å². The number of amides is 1. The molecule has 0 aliphatic carbocycles. The maximum Gasteiger partial charge on any atom is 0.223 e. The Bertz CT molecular complexity index is 231. The zero-order chi connectivity index (χ0) is 10.2. The molecular formula is C11H19NO2. The Labute approximate surface area is 85.4 Å². The SMILES string of the molecule is CC(C)N1CC2(CCOCC2)CC1=O. The van der Waals surface area contributed by atoms with E-state index in [-0.39, 0.29) is 5.41 Å². The van der Waals surface area contributed by atoms with E-state index in [4.69, 9.17) is 4.74 Å². The monoisotopic (exact) mass is 197 g/mol. The highest BCUT2D eigenvalue weighted by Gasteiger charge is 2.44. The molecule has 0 N–H and O–H groups in total. The lowest BCUT2D eigenvalue weighted by Gasteiger charge is -2.33. The molecule has 1 spiro atoms. The van der Waals surface area contributed by atoms with Gasteiger partial charge in [0.15, 0.2) is 0 Å². The third-order valence-electron chi connectivity index (χ3n) is 3.53. The molecule has 0 radical (unpaired) electrons. The summed E-state index contributed by atoms with van der Waals surface area (Å²) in [6.07, 6.45) is 2.86. The largest absolute Gasteiger partial charge is 0.381 e. The van der Waals surface area contributed by atoms with Gasteiger partial charge in [0.1, 0.15) is 0 Å². The van der Waals surface area contributed by atoms with E-state index in [1.807, 2.05) is 4.90 Å². The lowest BCUT2D eigenvalue weighted by atomic mass is 9.79. The van der Waals surface area contributed by atoms with E-state index in [0.29, 0.717) is 11.9 Å². The van der Waals surface area contributed by atoms with Crippen molar-refractivity contribution in [3.63, 3.8) is 0 Å². The molecule has 2 heterocycles. The number of hydrogen-bond acceptors (Lipinski definition) is 2. The molecule has 0 aromatic rings. The highest BCUT2D eigenvalue weighted by molar-refractivity contribution is 5.79. The first-order chi connectivity index (χ1) is 6.63. The van der Waals surface area contributed by atoms with Gasteiger partial charge < -0.3 is 9.64 Å². The molecule has 0 saturated carbocycles. The van der Waals surface area contributed by atoms with Gasteiger partial charge >= 0.3 is 0 Å². The van der Waals surface area contributed by atoms with Crippen molar-refractivity contribution < 1.29 is 9.53 Å². The molecule has 2 rings (SSSR count). The van der Waals surface area contributed by atoms with Gasteiger partial charge in [0, 0.05) is 37.6 Å². The Hall–Kier alpha value is -0.570. The minimum atomic E-state index is 0.250. The Morgan fingerprint density at radius 3 is 2.50 bits per heavy atom. The van der Waals surface area contributed by atoms with Gasteiger partial charge in [0.25, 0.3) is 0 Å². The number of likely N-dealkylation sites (tertiary alicyclic amines) is 1. The van der Waals surface area contributed by atoms with Crippen molar-refractivity contribution in [2.24, 2.45) is 5.41 Å². The van der Waals surface area contributed by atoms with Crippen LogP contribution in [0.1, 0.15) is 33.1 Å². The second-order valence-corrected chi connectivity index (χ2v) is 4.90. The highest BCUT2D eigenvalue weighted by atomic mass is 16.5. The van der Waals surface area contributed by atoms with Crippen LogP contribution < -0.4 is 0 Å². The van der Waals surface area contributed by atoms with Crippen LogP contribution in [-0.2, 0) is 9.53 Å². The molecule has 2 fully saturated rings. The molecule has 2 saturated heterocycles. The molecule has 0 aromatic carbocycles. The summed E-state index contributed by atoms with van der Waals surface area (Å²) < 4.78 is 5.36. The first-order valence-corrected chi connectivity index (χ1v) is 5.50. The Morgan fingerprint density at radius 2 is 2.00 bits per heavy atom. The van der Waals surface area contributed by atoms with Gasteiger partial charge in [0.05, 0.1) is 0 Å². The van der Waals surface area contributed by atoms with Crippen LogP contribution in [0, 0.1) is 5.41 Å². The fourth-order valence-electron chi connectivity index (χ4n) is 2.54. The highest BCUT2D eigenvalue weighted by Crippen LogP contribution is 2.40. The minimum absolute atomic E-state index is 0.250. The topological polar surface area (TPSA) is 29.5 Å². The van der Waals surface area contributed by atoms with Crippen molar-refractivity contribution >= 4 is 5.91 Å². The fraction of sp³-hybridized carbons (Fsp3) is 0.909. The van der Waals surface area contributed by atoms with E-state index in [0.717, 1.165) is 39.0 Å². The Balaban J connectivity index is 2.07. The molecule has 0 atom stereocenters. The van der Waals surface area contributed by atoms with Crippen molar-refractivity contribution in [3.8, 4) is 0 Å². The normalized spacial score (nSPS) is 26.5. The van der Waals surface area contributed by atoms with Crippen LogP contribution in [-0.4, -0.2) is 36.6 Å². The lowest BCUT2D eigenvalue weighted by Crippen LogP contribution is -2.36. The van der Waals surface area contributed by atoms with Crippen molar-refractivity contribution in [2.45, 2.75) is 39.2 Å². The van der Waals surface area contributed by atoms with Gasteiger partial charge in [-0.2, -0.15) is 0 Å². The lowest BCUT2D eigenvalue weighted by molar-refractivity contribution is -0.129. The maximum atomic E-state index is 11.8. The Kier molecular flexibility index (Phi) is 2.52. The molecular weight excluding hydrogens is 178 g/mol. The summed E-state index contributed by atoms with van der Waals surface area (Å²) in [7, 11) is 0. The third kappa shape index (κ3) is 1.65. The van der Waals surface area contributed by atoms with Crippen LogP contribution >= 0.6 is 0 Å². The second-order valence-electron chi connectivity index (χ2n) is 4.90. The standard InChI is InChI=1S/C11H19NO2/c1-9(2)12-8-11(7-10(12)13)3-5-14-6-4-11/h9H,3-8H2,1-2H3. The second kappa shape index (κ2) is 3.54. The summed E-state index contributed by atoms with van der Waals surface area (Å²) in [6, 6.07) is 0.352. The number of ether oxygens (including phenoxy) is 1. The molecule has 3 nitrogen and oxygen atoms in total. The predicted octanol–water partition coefficient (Wildman–Crippen LogP) is 1.42. The zero-order valence-electron chi connectivity index (χ0n) is 9.08. The average Bonchev–Trinajstić information content (AvgIpc) is 2.44. The first-order valence-electron chi connectivity index (χ1n) is 5.50. The van der Waals surface area contributed by atoms with Gasteiger partial charge in [0.2, 0.25) is 5.91 Å². The molecule has 80 valence electrons. The van der Waals surface area contributed by atoms with Crippen LogP contribution in [0.15, 0.2) is 0 Å². The molecule has 3 heteroatoms. The summed E-state index contributed by atoms with van der Waals surface area (Å²) in [4.78, 5) is 13.8. The predicted molar refractivity (Wildman–Crippen MR) is 54.0 cm³/mol. The van der Waals surface area contributed by atoms with Gasteiger partial charge in [-0.25, -0.2) is 0 Å². The van der Waals surface area contributed by atoms with Gasteiger partial charge in [-0.15, -0.1) is 0 Å². The molecule has 0 bridgehead atoms. The van der Waals surface area contributed by atoms with Crippen LogP contribution in [0.25, 0.3) is 0 Å². The van der Waals surface area contributed by atoms with Crippen LogP contribution in [0.3, 0.4) is 0 Å². The fourth-order valence-corrected chi connectivity index (χ4v) is 2.54. The minimum Gasteiger partial charge on any atom is -0.381 e. The number of carbonyl (C=O) groups is 1. The molecule has 0 aromatic heterocycles. The van der Waals surface area contributed by atoms with Crippen LogP contribution in [0.5, 0.6) is 0 Å². The van der Waals surface area contributed by atoms with Gasteiger partial charge in [-0.1, -0.05) is 0 Å². The zero-order valence-corrected chi connectivity index (χ0v) is 9.08. The molecule has 0 unspecified atom stereocenters. The summed E-state index contributed by atoms with van der Waals surface area (Å²) in [6.45, 7) is 6.80. The molecule has 1 amide bonds. The first kappa shape index (κ1) is 9.97. The third-order valence-corrected chi connectivity index (χ3v) is 3.53. The van der Waals surface area contributed by atoms with Crippen LogP contribution in [0.4, 0.5) is 0 Å². The van der Waals surface area contributed by atoms with E-state index in [1.165, 1.54) is 0 Å². The maximum absolute atomic E-state index is 11.8. The summed E-state index contributed by atoms with van der Waals surface area (Å²) in [5, 5.41) is 0.